The van der Waals surface area contributed by atoms with Crippen molar-refractivity contribution >= 4 is 29.0 Å². The number of nitrogens with zero attached hydrogens (tertiary/aromatic N) is 3. The second-order valence-electron chi connectivity index (χ2n) is 10.6. The monoisotopic (exact) mass is 535 g/mol. The number of rotatable bonds is 10. The third kappa shape index (κ3) is 6.43. The Morgan fingerprint density at radius 2 is 2.03 bits per heavy atom. The maximum absolute atomic E-state index is 14.3. The molecule has 4 rings (SSSR count). The number of hydrogen-bond acceptors (Lipinski definition) is 7. The molecule has 37 heavy (non-hydrogen) atoms. The van der Waals surface area contributed by atoms with Crippen LogP contribution in [-0.2, 0) is 0 Å². The summed E-state index contributed by atoms with van der Waals surface area (Å²) in [5, 5.41) is 15.8. The van der Waals surface area contributed by atoms with Crippen LogP contribution in [0.5, 0.6) is 0 Å². The van der Waals surface area contributed by atoms with Crippen LogP contribution < -0.4 is 10.6 Å². The summed E-state index contributed by atoms with van der Waals surface area (Å²) < 4.78 is 28.6. The molecular weight excluding hydrogens is 500 g/mol. The normalized spacial score (nSPS) is 18.8. The molecule has 2 fully saturated rings. The van der Waals surface area contributed by atoms with Gasteiger partial charge in [-0.15, -0.1) is 11.3 Å². The predicted molar refractivity (Wildman–Crippen MR) is 139 cm³/mol. The topological polar surface area (TPSA) is 107 Å². The molecule has 3 N–H and O–H groups in total. The number of alkyl halides is 2. The Labute approximate surface area is 219 Å². The molecule has 0 aromatic carbocycles. The van der Waals surface area contributed by atoms with Gasteiger partial charge in [0.2, 0.25) is 0 Å². The van der Waals surface area contributed by atoms with Crippen molar-refractivity contribution in [3.05, 3.63) is 28.5 Å². The quantitative estimate of drug-likeness (QED) is 0.401. The second kappa shape index (κ2) is 11.0. The van der Waals surface area contributed by atoms with E-state index in [1.807, 2.05) is 6.92 Å². The lowest BCUT2D eigenvalue weighted by atomic mass is 10.1. The van der Waals surface area contributed by atoms with Crippen LogP contribution in [0.3, 0.4) is 0 Å². The molecule has 1 saturated heterocycles. The van der Waals surface area contributed by atoms with E-state index in [4.69, 9.17) is 0 Å². The zero-order valence-electron chi connectivity index (χ0n) is 21.7. The van der Waals surface area contributed by atoms with Crippen molar-refractivity contribution in [2.45, 2.75) is 83.9 Å². The van der Waals surface area contributed by atoms with Crippen molar-refractivity contribution in [1.29, 1.82) is 0 Å². The minimum absolute atomic E-state index is 0.0119. The molecule has 8 nitrogen and oxygen atoms in total. The van der Waals surface area contributed by atoms with Crippen molar-refractivity contribution in [1.82, 2.24) is 20.2 Å². The lowest BCUT2D eigenvalue weighted by Crippen LogP contribution is -2.38. The van der Waals surface area contributed by atoms with Crippen LogP contribution in [-0.4, -0.2) is 62.6 Å². The molecule has 0 radical (unpaired) electrons. The highest BCUT2D eigenvalue weighted by atomic mass is 32.1. The first-order chi connectivity index (χ1) is 17.5. The molecule has 2 atom stereocenters. The number of carbonyl (C=O) groups excluding carboxylic acids is 2. The van der Waals surface area contributed by atoms with Gasteiger partial charge in [0.15, 0.2) is 5.01 Å². The molecule has 202 valence electrons. The molecule has 1 aliphatic carbocycles. The van der Waals surface area contributed by atoms with Crippen molar-refractivity contribution in [3.8, 4) is 10.4 Å². The van der Waals surface area contributed by atoms with Crippen molar-refractivity contribution in [3.63, 3.8) is 0 Å². The summed E-state index contributed by atoms with van der Waals surface area (Å²) in [5.41, 5.74) is -1.35. The summed E-state index contributed by atoms with van der Waals surface area (Å²) in [6.07, 6.45) is 3.31. The van der Waals surface area contributed by atoms with Gasteiger partial charge in [0.25, 0.3) is 18.2 Å². The Balaban J connectivity index is 1.73. The Bertz CT molecular complexity index is 1150. The third-order valence-corrected chi connectivity index (χ3v) is 7.99. The standard InChI is InChI=1S/C26H35F2N5O3S/c1-5-18(15-8-9-15)31-19-11-16(22(27)28)17(12-29-19)21-20(25(35)33-10-6-7-14(33)2)32-24(37-21)23(34)30-13-26(3,4)36/h11-12,14-15,18,22,36H,5-10,13H2,1-4H3,(H,29,31)(H,30,34)/t14-,18-/m0/s1. The summed E-state index contributed by atoms with van der Waals surface area (Å²) in [6, 6.07) is 1.50. The average molecular weight is 536 g/mol. The maximum Gasteiger partial charge on any atom is 0.280 e. The van der Waals surface area contributed by atoms with Gasteiger partial charge >= 0.3 is 0 Å². The Morgan fingerprint density at radius 3 is 2.59 bits per heavy atom. The maximum atomic E-state index is 14.3. The number of aliphatic hydroxyl groups is 1. The Morgan fingerprint density at radius 1 is 1.30 bits per heavy atom. The Kier molecular flexibility index (Phi) is 8.13. The highest BCUT2D eigenvalue weighted by Crippen LogP contribution is 2.40. The number of halogens is 2. The van der Waals surface area contributed by atoms with E-state index in [-0.39, 0.29) is 51.2 Å². The molecule has 2 aliphatic rings. The molecule has 2 aromatic rings. The largest absolute Gasteiger partial charge is 0.389 e. The number of likely N-dealkylation sites (tertiary alicyclic amines) is 1. The zero-order valence-corrected chi connectivity index (χ0v) is 22.5. The summed E-state index contributed by atoms with van der Waals surface area (Å²) in [6.45, 7) is 7.60. The minimum atomic E-state index is -2.82. The molecule has 2 aromatic heterocycles. The van der Waals surface area contributed by atoms with Gasteiger partial charge in [0.05, 0.1) is 10.5 Å². The number of nitrogens with one attached hydrogen (secondary N) is 2. The number of pyridine rings is 1. The van der Waals surface area contributed by atoms with E-state index in [0.717, 1.165) is 43.4 Å². The first-order valence-corrected chi connectivity index (χ1v) is 13.7. The first-order valence-electron chi connectivity index (χ1n) is 12.9. The minimum Gasteiger partial charge on any atom is -0.389 e. The molecule has 0 unspecified atom stereocenters. The number of anilines is 1. The van der Waals surface area contributed by atoms with Crippen molar-refractivity contribution < 1.29 is 23.5 Å². The zero-order chi connectivity index (χ0) is 26.9. The first kappa shape index (κ1) is 27.4. The van der Waals surface area contributed by atoms with E-state index >= 15 is 0 Å². The number of hydrogen-bond donors (Lipinski definition) is 3. The van der Waals surface area contributed by atoms with Crippen LogP contribution in [0.1, 0.15) is 92.1 Å². The molecule has 1 saturated carbocycles. The second-order valence-corrected chi connectivity index (χ2v) is 11.6. The molecule has 0 bridgehead atoms. The third-order valence-electron chi connectivity index (χ3n) is 6.90. The molecular formula is C26H35F2N5O3S. The number of carbonyl (C=O) groups is 2. The molecule has 11 heteroatoms. The van der Waals surface area contributed by atoms with E-state index in [1.54, 1.807) is 18.7 Å². The number of aromatic nitrogens is 2. The van der Waals surface area contributed by atoms with E-state index < -0.39 is 17.9 Å². The van der Waals surface area contributed by atoms with Crippen LogP contribution in [0.4, 0.5) is 14.6 Å². The van der Waals surface area contributed by atoms with E-state index in [1.165, 1.54) is 12.3 Å². The van der Waals surface area contributed by atoms with Crippen LogP contribution in [0.15, 0.2) is 12.3 Å². The molecule has 2 amide bonds. The van der Waals surface area contributed by atoms with Crippen LogP contribution in [0, 0.1) is 5.92 Å². The van der Waals surface area contributed by atoms with Gasteiger partial charge in [0.1, 0.15) is 11.5 Å². The summed E-state index contributed by atoms with van der Waals surface area (Å²) in [4.78, 5) is 36.9. The van der Waals surface area contributed by atoms with Crippen LogP contribution in [0.2, 0.25) is 0 Å². The molecule has 0 spiro atoms. The Hall–Kier alpha value is -2.66. The van der Waals surface area contributed by atoms with E-state index in [0.29, 0.717) is 18.3 Å². The van der Waals surface area contributed by atoms with Gasteiger partial charge in [-0.25, -0.2) is 18.7 Å². The SMILES string of the molecule is CC[C@H](Nc1cc(C(F)F)c(-c2sc(C(=O)NCC(C)(C)O)nc2C(=O)N2CCC[C@@H]2C)cn1)C1CC1. The number of thiazole rings is 1. The lowest BCUT2D eigenvalue weighted by Gasteiger charge is -2.21. The van der Waals surface area contributed by atoms with Gasteiger partial charge in [-0.2, -0.15) is 0 Å². The van der Waals surface area contributed by atoms with E-state index in [9.17, 15) is 23.5 Å². The highest BCUT2D eigenvalue weighted by molar-refractivity contribution is 7.17. The highest BCUT2D eigenvalue weighted by Gasteiger charge is 2.34. The van der Waals surface area contributed by atoms with E-state index in [2.05, 4.69) is 27.5 Å². The van der Waals surface area contributed by atoms with Gasteiger partial charge in [0, 0.05) is 42.5 Å². The fourth-order valence-electron chi connectivity index (χ4n) is 4.65. The summed E-state index contributed by atoms with van der Waals surface area (Å²) in [7, 11) is 0. The predicted octanol–water partition coefficient (Wildman–Crippen LogP) is 4.87. The molecule has 1 aliphatic heterocycles. The number of amides is 2. The fourth-order valence-corrected chi connectivity index (χ4v) is 5.66. The summed E-state index contributed by atoms with van der Waals surface area (Å²) >= 11 is 0.884. The average Bonchev–Trinajstić information content (AvgIpc) is 3.44. The van der Waals surface area contributed by atoms with Crippen LogP contribution >= 0.6 is 11.3 Å². The van der Waals surface area contributed by atoms with Gasteiger partial charge in [-0.05, 0) is 64.9 Å². The van der Waals surface area contributed by atoms with Crippen LogP contribution in [0.25, 0.3) is 10.4 Å². The van der Waals surface area contributed by atoms with Gasteiger partial charge in [-0.3, -0.25) is 9.59 Å². The van der Waals surface area contributed by atoms with Crippen molar-refractivity contribution in [2.75, 3.05) is 18.4 Å². The van der Waals surface area contributed by atoms with Gasteiger partial charge in [-0.1, -0.05) is 6.92 Å². The van der Waals surface area contributed by atoms with Crippen molar-refractivity contribution in [2.24, 2.45) is 5.92 Å². The summed E-state index contributed by atoms with van der Waals surface area (Å²) in [5.74, 6) is -0.0759. The fraction of sp³-hybridized carbons (Fsp3) is 0.615. The molecule has 3 heterocycles. The van der Waals surface area contributed by atoms with Gasteiger partial charge < -0.3 is 20.6 Å². The lowest BCUT2D eigenvalue weighted by molar-refractivity contribution is 0.0692. The smallest absolute Gasteiger partial charge is 0.280 e.